The second-order valence-corrected chi connectivity index (χ2v) is 6.47. The van der Waals surface area contributed by atoms with E-state index in [1.807, 2.05) is 14.0 Å². The molecule has 2 unspecified atom stereocenters. The van der Waals surface area contributed by atoms with Gasteiger partial charge in [-0.3, -0.25) is 4.90 Å². The Labute approximate surface area is 127 Å². The Balaban J connectivity index is 2.14. The Kier molecular flexibility index (Phi) is 5.38. The third-order valence-corrected chi connectivity index (χ3v) is 4.32. The summed E-state index contributed by atoms with van der Waals surface area (Å²) in [5, 5.41) is 10.7. The summed E-state index contributed by atoms with van der Waals surface area (Å²) in [6, 6.07) is 8.56. The van der Waals surface area contributed by atoms with E-state index in [-0.39, 0.29) is 12.1 Å². The number of benzene rings is 1. The Morgan fingerprint density at radius 3 is 2.62 bits per heavy atom. The van der Waals surface area contributed by atoms with Gasteiger partial charge in [0.25, 0.3) is 0 Å². The number of likely N-dealkylation sites (N-methyl/N-ethyl adjacent to an activating group) is 1. The van der Waals surface area contributed by atoms with Gasteiger partial charge in [-0.2, -0.15) is 0 Å². The fraction of sp³-hybridized carbons (Fsp3) is 0.647. The van der Waals surface area contributed by atoms with Crippen LogP contribution in [0.15, 0.2) is 24.3 Å². The molecule has 0 spiro atoms. The van der Waals surface area contributed by atoms with E-state index in [0.717, 1.165) is 0 Å². The molecule has 1 aromatic rings. The van der Waals surface area contributed by atoms with Crippen LogP contribution >= 0.6 is 0 Å². The summed E-state index contributed by atoms with van der Waals surface area (Å²) in [4.78, 5) is 2.19. The summed E-state index contributed by atoms with van der Waals surface area (Å²) in [5.74, 6) is 0. The minimum Gasteiger partial charge on any atom is -0.388 e. The Morgan fingerprint density at radius 2 is 2.05 bits per heavy atom. The molecule has 1 saturated heterocycles. The van der Waals surface area contributed by atoms with Crippen LogP contribution in [0.2, 0.25) is 0 Å². The largest absolute Gasteiger partial charge is 0.388 e. The molecule has 4 heteroatoms. The summed E-state index contributed by atoms with van der Waals surface area (Å²) < 4.78 is 5.35. The van der Waals surface area contributed by atoms with Gasteiger partial charge in [0.2, 0.25) is 0 Å². The lowest BCUT2D eigenvalue weighted by atomic mass is 9.91. The highest BCUT2D eigenvalue weighted by Gasteiger charge is 2.34. The van der Waals surface area contributed by atoms with Gasteiger partial charge in [-0.15, -0.1) is 0 Å². The Hall–Kier alpha value is -0.940. The molecule has 4 nitrogen and oxygen atoms in total. The van der Waals surface area contributed by atoms with Crippen LogP contribution in [-0.4, -0.2) is 48.5 Å². The van der Waals surface area contributed by atoms with Gasteiger partial charge in [0, 0.05) is 44.7 Å². The molecular weight excluding hydrogens is 264 g/mol. The molecule has 0 bridgehead atoms. The van der Waals surface area contributed by atoms with Crippen LogP contribution in [0.1, 0.15) is 36.9 Å². The van der Waals surface area contributed by atoms with Gasteiger partial charge < -0.3 is 15.6 Å². The molecule has 1 aliphatic rings. The zero-order valence-electron chi connectivity index (χ0n) is 13.4. The maximum Gasteiger partial charge on any atom is 0.0818 e. The lowest BCUT2D eigenvalue weighted by molar-refractivity contribution is -0.0824. The number of hydrogen-bond donors (Lipinski definition) is 2. The van der Waals surface area contributed by atoms with E-state index in [1.54, 1.807) is 0 Å². The third kappa shape index (κ3) is 4.27. The van der Waals surface area contributed by atoms with E-state index in [9.17, 15) is 5.11 Å². The molecule has 0 aliphatic carbocycles. The number of aliphatic hydroxyl groups is 1. The average Bonchev–Trinajstić information content (AvgIpc) is 2.38. The van der Waals surface area contributed by atoms with E-state index >= 15 is 0 Å². The van der Waals surface area contributed by atoms with Crippen molar-refractivity contribution in [2.75, 3.05) is 26.8 Å². The quantitative estimate of drug-likeness (QED) is 0.869. The van der Waals surface area contributed by atoms with Gasteiger partial charge in [-0.25, -0.2) is 0 Å². The van der Waals surface area contributed by atoms with Gasteiger partial charge >= 0.3 is 0 Å². The zero-order valence-corrected chi connectivity index (χ0v) is 13.4. The Morgan fingerprint density at radius 1 is 1.38 bits per heavy atom. The highest BCUT2D eigenvalue weighted by atomic mass is 16.5. The van der Waals surface area contributed by atoms with Gasteiger partial charge in [0.1, 0.15) is 0 Å². The maximum absolute atomic E-state index is 10.7. The molecule has 118 valence electrons. The van der Waals surface area contributed by atoms with Gasteiger partial charge in [0.15, 0.2) is 0 Å². The van der Waals surface area contributed by atoms with Crippen molar-refractivity contribution in [1.29, 1.82) is 0 Å². The molecule has 1 aliphatic heterocycles. The van der Waals surface area contributed by atoms with E-state index in [2.05, 4.69) is 36.1 Å². The normalized spacial score (nSPS) is 21.2. The summed E-state index contributed by atoms with van der Waals surface area (Å²) in [5.41, 5.74) is 8.00. The number of hydrogen-bond acceptors (Lipinski definition) is 4. The van der Waals surface area contributed by atoms with E-state index in [1.165, 1.54) is 11.1 Å². The van der Waals surface area contributed by atoms with Gasteiger partial charge in [-0.05, 0) is 26.5 Å². The zero-order chi connectivity index (χ0) is 15.5. The first-order chi connectivity index (χ1) is 9.91. The number of nitrogens with zero attached hydrogens (tertiary/aromatic N) is 1. The van der Waals surface area contributed by atoms with Crippen LogP contribution in [-0.2, 0) is 4.74 Å². The molecule has 0 amide bonds. The molecule has 0 radical (unpaired) electrons. The number of ether oxygens (including phenoxy) is 1. The summed E-state index contributed by atoms with van der Waals surface area (Å²) in [6.07, 6.45) is 1.38. The number of nitrogens with two attached hydrogens (primary N) is 1. The SMILES string of the molecule is Cc1cccc(C(C(C)N)N(C)CC2(O)CCOCC2)c1. The van der Waals surface area contributed by atoms with Crippen molar-refractivity contribution >= 4 is 0 Å². The van der Waals surface area contributed by atoms with Crippen LogP contribution in [0.5, 0.6) is 0 Å². The molecule has 0 aromatic heterocycles. The fourth-order valence-electron chi connectivity index (χ4n) is 3.29. The van der Waals surface area contributed by atoms with E-state index < -0.39 is 5.60 Å². The fourth-order valence-corrected chi connectivity index (χ4v) is 3.29. The van der Waals surface area contributed by atoms with Crippen molar-refractivity contribution in [3.05, 3.63) is 35.4 Å². The van der Waals surface area contributed by atoms with Crippen LogP contribution in [0.25, 0.3) is 0 Å². The van der Waals surface area contributed by atoms with E-state index in [0.29, 0.717) is 32.6 Å². The predicted octanol–water partition coefficient (Wildman–Crippen LogP) is 1.86. The first-order valence-electron chi connectivity index (χ1n) is 7.74. The Bertz CT molecular complexity index is 456. The molecule has 2 rings (SSSR count). The third-order valence-electron chi connectivity index (χ3n) is 4.32. The van der Waals surface area contributed by atoms with Crippen molar-refractivity contribution in [2.24, 2.45) is 5.73 Å². The van der Waals surface area contributed by atoms with Crippen molar-refractivity contribution in [3.63, 3.8) is 0 Å². The highest BCUT2D eigenvalue weighted by molar-refractivity contribution is 5.26. The van der Waals surface area contributed by atoms with Crippen molar-refractivity contribution < 1.29 is 9.84 Å². The van der Waals surface area contributed by atoms with Gasteiger partial charge in [-0.1, -0.05) is 29.8 Å². The molecule has 21 heavy (non-hydrogen) atoms. The van der Waals surface area contributed by atoms with Crippen LogP contribution in [0.3, 0.4) is 0 Å². The van der Waals surface area contributed by atoms with Gasteiger partial charge in [0.05, 0.1) is 5.60 Å². The summed E-state index contributed by atoms with van der Waals surface area (Å²) in [6.45, 7) is 6.01. The van der Waals surface area contributed by atoms with Crippen molar-refractivity contribution in [2.45, 2.75) is 44.4 Å². The number of aryl methyl sites for hydroxylation is 1. The molecule has 1 heterocycles. The van der Waals surface area contributed by atoms with Crippen LogP contribution < -0.4 is 5.73 Å². The molecule has 1 fully saturated rings. The maximum atomic E-state index is 10.7. The summed E-state index contributed by atoms with van der Waals surface area (Å²) in [7, 11) is 2.05. The van der Waals surface area contributed by atoms with Crippen LogP contribution in [0, 0.1) is 6.92 Å². The molecule has 3 N–H and O–H groups in total. The minimum absolute atomic E-state index is 0.000223. The smallest absolute Gasteiger partial charge is 0.0818 e. The topological polar surface area (TPSA) is 58.7 Å². The monoisotopic (exact) mass is 292 g/mol. The highest BCUT2D eigenvalue weighted by Crippen LogP contribution is 2.28. The molecule has 0 saturated carbocycles. The second-order valence-electron chi connectivity index (χ2n) is 6.47. The average molecular weight is 292 g/mol. The van der Waals surface area contributed by atoms with Crippen molar-refractivity contribution in [3.8, 4) is 0 Å². The lowest BCUT2D eigenvalue weighted by Gasteiger charge is -2.40. The van der Waals surface area contributed by atoms with E-state index in [4.69, 9.17) is 10.5 Å². The molecule has 1 aromatic carbocycles. The molecule has 2 atom stereocenters. The van der Waals surface area contributed by atoms with Crippen LogP contribution in [0.4, 0.5) is 0 Å². The second kappa shape index (κ2) is 6.88. The molecular formula is C17H28N2O2. The minimum atomic E-state index is -0.663. The van der Waals surface area contributed by atoms with Crippen molar-refractivity contribution in [1.82, 2.24) is 4.90 Å². The predicted molar refractivity (Wildman–Crippen MR) is 85.2 cm³/mol. The number of rotatable bonds is 5. The first-order valence-corrected chi connectivity index (χ1v) is 7.74. The lowest BCUT2D eigenvalue weighted by Crippen LogP contribution is -2.49. The standard InChI is InChI=1S/C17H28N2O2/c1-13-5-4-6-15(11-13)16(14(2)18)19(3)12-17(20)7-9-21-10-8-17/h4-6,11,14,16,20H,7-10,12,18H2,1-3H3. The summed E-state index contributed by atoms with van der Waals surface area (Å²) >= 11 is 0. The first kappa shape index (κ1) is 16.4.